The molecule has 0 saturated carbocycles. The minimum Gasteiger partial charge on any atom is -0.370 e. The first-order valence-corrected chi connectivity index (χ1v) is 8.66. The van der Waals surface area contributed by atoms with E-state index in [4.69, 9.17) is 4.74 Å². The topological polar surface area (TPSA) is 115 Å². The lowest BCUT2D eigenvalue weighted by Gasteiger charge is -2.07. The van der Waals surface area contributed by atoms with Crippen molar-refractivity contribution in [2.75, 3.05) is 11.9 Å². The molecule has 0 bridgehead atoms. The van der Waals surface area contributed by atoms with Gasteiger partial charge in [-0.25, -0.2) is 4.68 Å². The second-order valence-electron chi connectivity index (χ2n) is 6.17. The molecular weight excluding hydrogens is 348 g/mol. The number of H-pyrrole nitrogens is 1. The number of hydrogen-bond donors (Lipinski definition) is 2. The molecule has 9 nitrogen and oxygen atoms in total. The van der Waals surface area contributed by atoms with Crippen LogP contribution < -0.4 is 10.9 Å². The van der Waals surface area contributed by atoms with E-state index < -0.39 is 5.91 Å². The minimum absolute atomic E-state index is 0.116. The van der Waals surface area contributed by atoms with E-state index in [-0.39, 0.29) is 24.2 Å². The average molecular weight is 366 g/mol. The van der Waals surface area contributed by atoms with Crippen molar-refractivity contribution in [3.05, 3.63) is 58.6 Å². The highest BCUT2D eigenvalue weighted by Gasteiger charge is 2.22. The molecule has 0 unspecified atom stereocenters. The molecule has 0 spiro atoms. The zero-order valence-corrected chi connectivity index (χ0v) is 14.5. The third-order valence-corrected chi connectivity index (χ3v) is 4.22. The molecule has 2 N–H and O–H groups in total. The van der Waals surface area contributed by atoms with Crippen LogP contribution in [0.2, 0.25) is 0 Å². The van der Waals surface area contributed by atoms with E-state index in [2.05, 4.69) is 25.6 Å². The number of aromatic amines is 1. The maximum atomic E-state index is 12.3. The van der Waals surface area contributed by atoms with Crippen LogP contribution in [0.25, 0.3) is 11.3 Å². The van der Waals surface area contributed by atoms with Crippen molar-refractivity contribution < 1.29 is 9.53 Å². The SMILES string of the molecule is O=C(Cn1nc(-c2ccccc2)ccc1=O)Nc1n[nH]c([C@H]2CCCO2)n1. The summed E-state index contributed by atoms with van der Waals surface area (Å²) in [7, 11) is 0. The van der Waals surface area contributed by atoms with Gasteiger partial charge in [0.15, 0.2) is 5.82 Å². The molecule has 9 heteroatoms. The number of ether oxygens (including phenoxy) is 1. The molecule has 1 aromatic carbocycles. The predicted molar refractivity (Wildman–Crippen MR) is 96.9 cm³/mol. The van der Waals surface area contributed by atoms with Gasteiger partial charge in [0.25, 0.3) is 5.56 Å². The Hall–Kier alpha value is -3.33. The molecule has 138 valence electrons. The Kier molecular flexibility index (Phi) is 4.75. The van der Waals surface area contributed by atoms with E-state index in [0.29, 0.717) is 18.1 Å². The summed E-state index contributed by atoms with van der Waals surface area (Å²) in [6.45, 7) is 0.461. The van der Waals surface area contributed by atoms with E-state index in [9.17, 15) is 9.59 Å². The number of benzene rings is 1. The number of carbonyl (C=O) groups is 1. The first kappa shape index (κ1) is 17.1. The molecule has 1 amide bonds. The maximum Gasteiger partial charge on any atom is 0.267 e. The van der Waals surface area contributed by atoms with Crippen molar-refractivity contribution in [2.45, 2.75) is 25.5 Å². The molecule has 0 radical (unpaired) electrons. The Labute approximate surface area is 154 Å². The van der Waals surface area contributed by atoms with Gasteiger partial charge in [-0.15, -0.1) is 5.10 Å². The van der Waals surface area contributed by atoms with E-state index in [1.807, 2.05) is 30.3 Å². The summed E-state index contributed by atoms with van der Waals surface area (Å²) in [5.74, 6) is 0.301. The number of amides is 1. The molecule has 1 fully saturated rings. The van der Waals surface area contributed by atoms with Crippen molar-refractivity contribution >= 4 is 11.9 Å². The van der Waals surface area contributed by atoms with Crippen molar-refractivity contribution in [2.24, 2.45) is 0 Å². The van der Waals surface area contributed by atoms with Gasteiger partial charge in [0.2, 0.25) is 11.9 Å². The van der Waals surface area contributed by atoms with Gasteiger partial charge in [0, 0.05) is 18.2 Å². The molecule has 27 heavy (non-hydrogen) atoms. The van der Waals surface area contributed by atoms with E-state index >= 15 is 0 Å². The van der Waals surface area contributed by atoms with Crippen molar-refractivity contribution in [3.8, 4) is 11.3 Å². The molecule has 4 rings (SSSR count). The van der Waals surface area contributed by atoms with Gasteiger partial charge in [-0.05, 0) is 18.9 Å². The number of nitrogens with one attached hydrogen (secondary N) is 2. The summed E-state index contributed by atoms with van der Waals surface area (Å²) in [5.41, 5.74) is 1.11. The summed E-state index contributed by atoms with van der Waals surface area (Å²) in [4.78, 5) is 28.5. The van der Waals surface area contributed by atoms with Crippen molar-refractivity contribution in [3.63, 3.8) is 0 Å². The fourth-order valence-corrected chi connectivity index (χ4v) is 2.89. The summed E-state index contributed by atoms with van der Waals surface area (Å²) < 4.78 is 6.64. The monoisotopic (exact) mass is 366 g/mol. The van der Waals surface area contributed by atoms with Gasteiger partial charge in [-0.2, -0.15) is 10.1 Å². The van der Waals surface area contributed by atoms with Gasteiger partial charge in [-0.3, -0.25) is 20.0 Å². The number of nitrogens with zero attached hydrogens (tertiary/aromatic N) is 4. The molecule has 0 aliphatic carbocycles. The molecule has 3 aromatic rings. The van der Waals surface area contributed by atoms with E-state index in [1.165, 1.54) is 6.07 Å². The van der Waals surface area contributed by atoms with E-state index in [0.717, 1.165) is 23.1 Å². The van der Waals surface area contributed by atoms with Crippen LogP contribution in [0.1, 0.15) is 24.8 Å². The quantitative estimate of drug-likeness (QED) is 0.707. The molecule has 1 aliphatic heterocycles. The number of rotatable bonds is 5. The molecule has 1 atom stereocenters. The summed E-state index contributed by atoms with van der Waals surface area (Å²) in [5, 5.41) is 13.6. The van der Waals surface area contributed by atoms with Crippen LogP contribution in [0.15, 0.2) is 47.3 Å². The summed E-state index contributed by atoms with van der Waals surface area (Å²) >= 11 is 0. The lowest BCUT2D eigenvalue weighted by atomic mass is 10.1. The minimum atomic E-state index is -0.437. The Morgan fingerprint density at radius 1 is 1.26 bits per heavy atom. The van der Waals surface area contributed by atoms with Crippen LogP contribution in [0.4, 0.5) is 5.95 Å². The Bertz CT molecular complexity index is 992. The zero-order chi connectivity index (χ0) is 18.6. The first-order valence-electron chi connectivity index (χ1n) is 8.66. The van der Waals surface area contributed by atoms with Crippen molar-refractivity contribution in [1.29, 1.82) is 0 Å². The van der Waals surface area contributed by atoms with Crippen LogP contribution in [0.3, 0.4) is 0 Å². The fraction of sp³-hybridized carbons (Fsp3) is 0.278. The summed E-state index contributed by atoms with van der Waals surface area (Å²) in [6.07, 6.45) is 1.73. The van der Waals surface area contributed by atoms with Gasteiger partial charge < -0.3 is 4.74 Å². The van der Waals surface area contributed by atoms with E-state index in [1.54, 1.807) is 6.07 Å². The highest BCUT2D eigenvalue weighted by atomic mass is 16.5. The lowest BCUT2D eigenvalue weighted by Crippen LogP contribution is -2.29. The third kappa shape index (κ3) is 3.93. The summed E-state index contributed by atoms with van der Waals surface area (Å²) in [6, 6.07) is 12.5. The molecule has 3 heterocycles. The van der Waals surface area contributed by atoms with Crippen LogP contribution in [0.5, 0.6) is 0 Å². The van der Waals surface area contributed by atoms with Crippen LogP contribution in [-0.2, 0) is 16.1 Å². The Morgan fingerprint density at radius 3 is 2.89 bits per heavy atom. The van der Waals surface area contributed by atoms with Crippen molar-refractivity contribution in [1.82, 2.24) is 25.0 Å². The van der Waals surface area contributed by atoms with Crippen LogP contribution in [-0.4, -0.2) is 37.5 Å². The predicted octanol–water partition coefficient (Wildman–Crippen LogP) is 1.52. The van der Waals surface area contributed by atoms with Gasteiger partial charge in [-0.1, -0.05) is 30.3 Å². The Morgan fingerprint density at radius 2 is 2.11 bits per heavy atom. The van der Waals surface area contributed by atoms with Crippen LogP contribution in [0, 0.1) is 0 Å². The standard InChI is InChI=1S/C18H18N6O3/c25-15(19-18-20-17(21-22-18)14-7-4-10-27-14)11-24-16(26)9-8-13(23-24)12-5-2-1-3-6-12/h1-3,5-6,8-9,14H,4,7,10-11H2,(H2,19,20,21,22,25)/t14-/m1/s1. The molecule has 1 aliphatic rings. The number of aromatic nitrogens is 5. The van der Waals surface area contributed by atoms with Gasteiger partial charge in [0.05, 0.1) is 5.69 Å². The second kappa shape index (κ2) is 7.50. The second-order valence-corrected chi connectivity index (χ2v) is 6.17. The lowest BCUT2D eigenvalue weighted by molar-refractivity contribution is -0.117. The average Bonchev–Trinajstić information content (AvgIpc) is 3.36. The smallest absolute Gasteiger partial charge is 0.267 e. The highest BCUT2D eigenvalue weighted by Crippen LogP contribution is 2.26. The number of carbonyl (C=O) groups excluding carboxylic acids is 1. The maximum absolute atomic E-state index is 12.3. The third-order valence-electron chi connectivity index (χ3n) is 4.22. The zero-order valence-electron chi connectivity index (χ0n) is 14.5. The molecule has 2 aromatic heterocycles. The van der Waals surface area contributed by atoms with Gasteiger partial charge in [0.1, 0.15) is 12.6 Å². The largest absolute Gasteiger partial charge is 0.370 e. The number of hydrogen-bond acceptors (Lipinski definition) is 6. The van der Waals surface area contributed by atoms with Gasteiger partial charge >= 0.3 is 0 Å². The Balaban J connectivity index is 1.46. The highest BCUT2D eigenvalue weighted by molar-refractivity contribution is 5.88. The molecular formula is C18H18N6O3. The van der Waals surface area contributed by atoms with Crippen LogP contribution >= 0.6 is 0 Å². The fourth-order valence-electron chi connectivity index (χ4n) is 2.89. The number of anilines is 1. The normalized spacial score (nSPS) is 16.4. The molecule has 1 saturated heterocycles. The first-order chi connectivity index (χ1) is 13.2.